The third kappa shape index (κ3) is 6.04. The Hall–Kier alpha value is -2.52. The van der Waals surface area contributed by atoms with Crippen LogP contribution in [-0.2, 0) is 11.3 Å². The first-order valence-electron chi connectivity index (χ1n) is 10.7. The summed E-state index contributed by atoms with van der Waals surface area (Å²) in [6.45, 7) is 9.62. The molecule has 0 saturated heterocycles. The van der Waals surface area contributed by atoms with E-state index in [1.54, 1.807) is 16.7 Å². The van der Waals surface area contributed by atoms with Crippen LogP contribution in [0.25, 0.3) is 10.2 Å². The molecular formula is C23H29N3O4S2. The summed E-state index contributed by atoms with van der Waals surface area (Å²) in [7, 11) is 0. The summed E-state index contributed by atoms with van der Waals surface area (Å²) in [4.78, 5) is 30.4. The molecule has 0 spiro atoms. The molecule has 1 amide bonds. The molecule has 172 valence electrons. The number of carbonyl (C=O) groups is 1. The molecule has 0 unspecified atom stereocenters. The fourth-order valence-electron chi connectivity index (χ4n) is 3.08. The second-order valence-electron chi connectivity index (χ2n) is 7.53. The van der Waals surface area contributed by atoms with Crippen molar-refractivity contribution in [2.45, 2.75) is 45.8 Å². The number of rotatable bonds is 11. The maximum Gasteiger partial charge on any atom is 0.272 e. The van der Waals surface area contributed by atoms with E-state index >= 15 is 0 Å². The van der Waals surface area contributed by atoms with Gasteiger partial charge in [-0.1, -0.05) is 25.6 Å². The average molecular weight is 476 g/mol. The van der Waals surface area contributed by atoms with E-state index in [0.29, 0.717) is 58.2 Å². The van der Waals surface area contributed by atoms with Crippen LogP contribution < -0.4 is 20.3 Å². The number of hydrogen-bond acceptors (Lipinski definition) is 7. The van der Waals surface area contributed by atoms with E-state index in [0.717, 1.165) is 6.42 Å². The smallest absolute Gasteiger partial charge is 0.272 e. The molecular weight excluding hydrogens is 446 g/mol. The summed E-state index contributed by atoms with van der Waals surface area (Å²) in [5.41, 5.74) is 1.19. The fourth-order valence-corrected chi connectivity index (χ4v) is 4.68. The quantitative estimate of drug-likeness (QED) is 0.309. The summed E-state index contributed by atoms with van der Waals surface area (Å²) in [6.07, 6.45) is 0.861. The molecule has 0 saturated carbocycles. The van der Waals surface area contributed by atoms with E-state index < -0.39 is 0 Å². The van der Waals surface area contributed by atoms with Crippen LogP contribution in [0, 0.1) is 5.92 Å². The monoisotopic (exact) mass is 475 g/mol. The van der Waals surface area contributed by atoms with Gasteiger partial charge in [-0.2, -0.15) is 0 Å². The number of hydrogen-bond donors (Lipinski definition) is 1. The topological polar surface area (TPSA) is 82.5 Å². The predicted octanol–water partition coefficient (Wildman–Crippen LogP) is 5.03. The van der Waals surface area contributed by atoms with Crippen LogP contribution in [0.5, 0.6) is 11.5 Å². The first-order valence-corrected chi connectivity index (χ1v) is 12.6. The molecule has 9 heteroatoms. The molecule has 0 atom stereocenters. The molecule has 3 rings (SSSR count). The van der Waals surface area contributed by atoms with Crippen LogP contribution in [0.3, 0.4) is 0 Å². The highest BCUT2D eigenvalue weighted by atomic mass is 32.2. The first kappa shape index (κ1) is 24.1. The number of thiophene rings is 1. The lowest BCUT2D eigenvalue weighted by atomic mass is 10.1. The first-order chi connectivity index (χ1) is 15.4. The SMILES string of the molecule is CCOc1ccc(OCC)c(NC(=O)CSc2nc3ccsc3c(=O)n2CCC(C)C)c1. The Bertz CT molecular complexity index is 1120. The van der Waals surface area contributed by atoms with Crippen molar-refractivity contribution in [3.8, 4) is 11.5 Å². The molecule has 0 aliphatic carbocycles. The molecule has 0 bridgehead atoms. The maximum atomic E-state index is 13.0. The number of thioether (sulfide) groups is 1. The van der Waals surface area contributed by atoms with Gasteiger partial charge in [0.15, 0.2) is 5.16 Å². The number of anilines is 1. The number of ether oxygens (including phenoxy) is 2. The number of fused-ring (bicyclic) bond motifs is 1. The number of nitrogens with zero attached hydrogens (tertiary/aromatic N) is 2. The van der Waals surface area contributed by atoms with Crippen LogP contribution in [0.15, 0.2) is 39.6 Å². The molecule has 3 aromatic rings. The van der Waals surface area contributed by atoms with E-state index in [9.17, 15) is 9.59 Å². The summed E-state index contributed by atoms with van der Waals surface area (Å²) in [5, 5.41) is 5.33. The van der Waals surface area contributed by atoms with E-state index in [2.05, 4.69) is 24.1 Å². The number of benzene rings is 1. The average Bonchev–Trinajstić information content (AvgIpc) is 3.22. The van der Waals surface area contributed by atoms with Crippen LogP contribution in [-0.4, -0.2) is 34.4 Å². The van der Waals surface area contributed by atoms with Crippen molar-refractivity contribution in [2.75, 3.05) is 24.3 Å². The zero-order chi connectivity index (χ0) is 23.1. The predicted molar refractivity (Wildman–Crippen MR) is 131 cm³/mol. The van der Waals surface area contributed by atoms with Crippen LogP contribution >= 0.6 is 23.1 Å². The van der Waals surface area contributed by atoms with Crippen molar-refractivity contribution in [1.29, 1.82) is 0 Å². The minimum absolute atomic E-state index is 0.0448. The Labute approximate surface area is 196 Å². The van der Waals surface area contributed by atoms with Crippen LogP contribution in [0.4, 0.5) is 5.69 Å². The number of nitrogens with one attached hydrogen (secondary N) is 1. The molecule has 2 aromatic heterocycles. The van der Waals surface area contributed by atoms with Gasteiger partial charge in [0.25, 0.3) is 5.56 Å². The van der Waals surface area contributed by atoms with Gasteiger partial charge in [0.2, 0.25) is 5.91 Å². The molecule has 2 heterocycles. The Morgan fingerprint density at radius 2 is 2.00 bits per heavy atom. The van der Waals surface area contributed by atoms with Crippen molar-refractivity contribution in [2.24, 2.45) is 5.92 Å². The molecule has 1 N–H and O–H groups in total. The maximum absolute atomic E-state index is 13.0. The van der Waals surface area contributed by atoms with Gasteiger partial charge in [0.1, 0.15) is 16.2 Å². The number of aromatic nitrogens is 2. The standard InChI is InChI=1S/C23H29N3O4S2/c1-5-29-16-7-8-19(30-6-2)18(13-16)24-20(27)14-32-23-25-17-10-12-31-21(17)22(28)26(23)11-9-15(3)4/h7-8,10,12-13,15H,5-6,9,11,14H2,1-4H3,(H,24,27). The summed E-state index contributed by atoms with van der Waals surface area (Å²) in [6, 6.07) is 7.19. The minimum atomic E-state index is -0.209. The fraction of sp³-hybridized carbons (Fsp3) is 0.435. The molecule has 0 fully saturated rings. The van der Waals surface area contributed by atoms with E-state index in [1.165, 1.54) is 23.1 Å². The van der Waals surface area contributed by atoms with Gasteiger partial charge >= 0.3 is 0 Å². The molecule has 0 radical (unpaired) electrons. The largest absolute Gasteiger partial charge is 0.494 e. The van der Waals surface area contributed by atoms with Gasteiger partial charge in [0, 0.05) is 12.6 Å². The lowest BCUT2D eigenvalue weighted by molar-refractivity contribution is -0.113. The third-order valence-electron chi connectivity index (χ3n) is 4.63. The normalized spacial score (nSPS) is 11.2. The van der Waals surface area contributed by atoms with Gasteiger partial charge in [0.05, 0.1) is 30.2 Å². The second-order valence-corrected chi connectivity index (χ2v) is 9.39. The highest BCUT2D eigenvalue weighted by Crippen LogP contribution is 2.30. The van der Waals surface area contributed by atoms with Crippen molar-refractivity contribution in [3.63, 3.8) is 0 Å². The Balaban J connectivity index is 1.78. The summed E-state index contributed by atoms with van der Waals surface area (Å²) >= 11 is 2.66. The molecule has 7 nitrogen and oxygen atoms in total. The minimum Gasteiger partial charge on any atom is -0.494 e. The molecule has 0 aliphatic heterocycles. The Morgan fingerprint density at radius 3 is 2.72 bits per heavy atom. The van der Waals surface area contributed by atoms with E-state index in [-0.39, 0.29) is 17.2 Å². The highest BCUT2D eigenvalue weighted by molar-refractivity contribution is 7.99. The highest BCUT2D eigenvalue weighted by Gasteiger charge is 2.16. The van der Waals surface area contributed by atoms with Gasteiger partial charge in [-0.3, -0.25) is 14.2 Å². The molecule has 32 heavy (non-hydrogen) atoms. The van der Waals surface area contributed by atoms with Gasteiger partial charge in [-0.15, -0.1) is 11.3 Å². The van der Waals surface area contributed by atoms with E-state index in [1.807, 2.05) is 31.4 Å². The molecule has 0 aliphatic rings. The zero-order valence-electron chi connectivity index (χ0n) is 18.8. The van der Waals surface area contributed by atoms with Crippen molar-refractivity contribution in [3.05, 3.63) is 40.0 Å². The van der Waals surface area contributed by atoms with Crippen LogP contribution in [0.2, 0.25) is 0 Å². The van der Waals surface area contributed by atoms with E-state index in [4.69, 9.17) is 9.47 Å². The third-order valence-corrected chi connectivity index (χ3v) is 6.50. The van der Waals surface area contributed by atoms with Gasteiger partial charge in [-0.05, 0) is 49.8 Å². The summed E-state index contributed by atoms with van der Waals surface area (Å²) in [5.74, 6) is 1.61. The van der Waals surface area contributed by atoms with Crippen LogP contribution in [0.1, 0.15) is 34.1 Å². The second kappa shape index (κ2) is 11.4. The van der Waals surface area contributed by atoms with Crippen molar-refractivity contribution in [1.82, 2.24) is 9.55 Å². The summed E-state index contributed by atoms with van der Waals surface area (Å²) < 4.78 is 13.5. The lowest BCUT2D eigenvalue weighted by Gasteiger charge is -2.15. The number of amides is 1. The number of carbonyl (C=O) groups excluding carboxylic acids is 1. The Kier molecular flexibility index (Phi) is 8.58. The molecule has 1 aromatic carbocycles. The van der Waals surface area contributed by atoms with Gasteiger partial charge in [-0.25, -0.2) is 4.98 Å². The van der Waals surface area contributed by atoms with Crippen molar-refractivity contribution < 1.29 is 14.3 Å². The van der Waals surface area contributed by atoms with Crippen molar-refractivity contribution >= 4 is 44.9 Å². The Morgan fingerprint density at radius 1 is 1.22 bits per heavy atom. The van der Waals surface area contributed by atoms with Gasteiger partial charge < -0.3 is 14.8 Å². The zero-order valence-corrected chi connectivity index (χ0v) is 20.5. The lowest BCUT2D eigenvalue weighted by Crippen LogP contribution is -2.24.